The Hall–Kier alpha value is -3.07. The highest BCUT2D eigenvalue weighted by atomic mass is 16.5. The second-order valence-electron chi connectivity index (χ2n) is 9.03. The molecule has 1 aromatic heterocycles. The summed E-state index contributed by atoms with van der Waals surface area (Å²) in [6, 6.07) is 4.67. The molecule has 9 nitrogen and oxygen atoms in total. The van der Waals surface area contributed by atoms with Crippen molar-refractivity contribution in [1.29, 1.82) is 0 Å². The van der Waals surface area contributed by atoms with Crippen molar-refractivity contribution in [2.45, 2.75) is 51.6 Å². The number of carbonyl (C=O) groups excluding carboxylic acids is 2. The third-order valence-corrected chi connectivity index (χ3v) is 5.77. The first-order valence-corrected chi connectivity index (χ1v) is 11.5. The molecule has 9 heteroatoms. The van der Waals surface area contributed by atoms with Gasteiger partial charge in [0.15, 0.2) is 23.0 Å². The molecule has 2 amide bonds. The fourth-order valence-electron chi connectivity index (χ4n) is 3.43. The van der Waals surface area contributed by atoms with Crippen molar-refractivity contribution in [2.24, 2.45) is 17.6 Å². The summed E-state index contributed by atoms with van der Waals surface area (Å²) in [5.41, 5.74) is 6.85. The van der Waals surface area contributed by atoms with Gasteiger partial charge in [-0.1, -0.05) is 0 Å². The van der Waals surface area contributed by atoms with Gasteiger partial charge in [-0.05, 0) is 63.6 Å². The van der Waals surface area contributed by atoms with E-state index in [1.54, 1.807) is 32.2 Å². The van der Waals surface area contributed by atoms with Gasteiger partial charge in [-0.3, -0.25) is 9.59 Å². The van der Waals surface area contributed by atoms with Gasteiger partial charge in [0.2, 0.25) is 11.8 Å². The van der Waals surface area contributed by atoms with Crippen LogP contribution in [0.2, 0.25) is 0 Å². The zero-order chi connectivity index (χ0) is 23.5. The van der Waals surface area contributed by atoms with Crippen LogP contribution in [0.25, 0.3) is 11.5 Å². The summed E-state index contributed by atoms with van der Waals surface area (Å²) < 4.78 is 17.2. The Balaban J connectivity index is 1.48. The molecule has 2 saturated carbocycles. The van der Waals surface area contributed by atoms with Crippen molar-refractivity contribution in [3.63, 3.8) is 0 Å². The van der Waals surface area contributed by atoms with Crippen molar-refractivity contribution in [3.05, 3.63) is 29.7 Å². The lowest BCUT2D eigenvalue weighted by Gasteiger charge is -2.14. The molecule has 4 rings (SSSR count). The van der Waals surface area contributed by atoms with Crippen LogP contribution in [0.4, 0.5) is 0 Å². The first kappa shape index (κ1) is 23.1. The van der Waals surface area contributed by atoms with E-state index in [4.69, 9.17) is 19.6 Å². The minimum Gasteiger partial charge on any atom is -0.493 e. The zero-order valence-corrected chi connectivity index (χ0v) is 19.3. The van der Waals surface area contributed by atoms with Crippen molar-refractivity contribution in [2.75, 3.05) is 20.3 Å². The molecule has 0 saturated heterocycles. The molecule has 0 spiro atoms. The average molecular weight is 457 g/mol. The third-order valence-electron chi connectivity index (χ3n) is 5.77. The number of methoxy groups -OCH3 is 1. The first-order chi connectivity index (χ1) is 15.9. The molecule has 1 aromatic carbocycles. The van der Waals surface area contributed by atoms with E-state index in [9.17, 15) is 9.59 Å². The molecule has 0 aliphatic heterocycles. The van der Waals surface area contributed by atoms with Crippen LogP contribution in [0, 0.1) is 11.8 Å². The van der Waals surface area contributed by atoms with E-state index in [1.165, 1.54) is 12.8 Å². The summed E-state index contributed by atoms with van der Waals surface area (Å²) in [6.45, 7) is 4.50. The highest BCUT2D eigenvalue weighted by Crippen LogP contribution is 2.36. The Labute approximate surface area is 193 Å². The van der Waals surface area contributed by atoms with Crippen LogP contribution in [-0.4, -0.2) is 43.1 Å². The number of nitrogens with zero attached hydrogens (tertiary/aromatic N) is 1. The van der Waals surface area contributed by atoms with Gasteiger partial charge in [0, 0.05) is 24.1 Å². The third kappa shape index (κ3) is 5.84. The lowest BCUT2D eigenvalue weighted by atomic mass is 10.2. The summed E-state index contributed by atoms with van der Waals surface area (Å²) in [5, 5.41) is 5.73. The van der Waals surface area contributed by atoms with E-state index < -0.39 is 11.9 Å². The van der Waals surface area contributed by atoms with Gasteiger partial charge in [-0.25, -0.2) is 4.98 Å². The van der Waals surface area contributed by atoms with E-state index in [0.717, 1.165) is 12.8 Å². The summed E-state index contributed by atoms with van der Waals surface area (Å²) in [4.78, 5) is 29.2. The number of ether oxygens (including phenoxy) is 2. The molecule has 2 aliphatic rings. The first-order valence-electron chi connectivity index (χ1n) is 11.5. The maximum atomic E-state index is 12.9. The number of aromatic nitrogens is 1. The quantitative estimate of drug-likeness (QED) is 0.474. The molecular formula is C24H32N4O5. The van der Waals surface area contributed by atoms with Crippen molar-refractivity contribution in [3.8, 4) is 23.0 Å². The maximum absolute atomic E-state index is 12.9. The molecule has 2 aliphatic carbocycles. The minimum atomic E-state index is -0.525. The fraction of sp³-hybridized carbons (Fsp3) is 0.542. The van der Waals surface area contributed by atoms with Crippen LogP contribution >= 0.6 is 0 Å². The van der Waals surface area contributed by atoms with Crippen LogP contribution in [0.5, 0.6) is 11.5 Å². The van der Waals surface area contributed by atoms with Gasteiger partial charge in [-0.2, -0.15) is 0 Å². The molecule has 0 unspecified atom stereocenters. The number of hydrogen-bond donors (Lipinski definition) is 3. The zero-order valence-electron chi connectivity index (χ0n) is 19.3. The van der Waals surface area contributed by atoms with Crippen LogP contribution in [0.15, 0.2) is 22.6 Å². The molecule has 2 atom stereocenters. The number of rotatable bonds is 11. The van der Waals surface area contributed by atoms with E-state index >= 15 is 0 Å². The Morgan fingerprint density at radius 2 is 1.97 bits per heavy atom. The molecule has 178 valence electrons. The standard InChI is InChI=1S/C24H32N4O5/c1-13(27-22(29)16-6-7-16)11-26-23(30)20-21(14(2)25)33-24(28-20)17-8-9-18(31-3)19(10-17)32-12-15-4-5-15/h8-10,13-16H,4-7,11-12,25H2,1-3H3,(H,26,30)(H,27,29)/t13-,14+/m1/s1. The molecule has 33 heavy (non-hydrogen) atoms. The molecule has 1 heterocycles. The Kier molecular flexibility index (Phi) is 6.88. The van der Waals surface area contributed by atoms with Crippen LogP contribution in [0.1, 0.15) is 61.8 Å². The molecule has 0 bridgehead atoms. The number of nitrogens with one attached hydrogen (secondary N) is 2. The second-order valence-corrected chi connectivity index (χ2v) is 9.03. The van der Waals surface area contributed by atoms with E-state index in [-0.39, 0.29) is 36.0 Å². The van der Waals surface area contributed by atoms with Gasteiger partial charge in [0.25, 0.3) is 5.91 Å². The van der Waals surface area contributed by atoms with Gasteiger partial charge in [0.1, 0.15) is 0 Å². The number of nitrogens with two attached hydrogens (primary N) is 1. The van der Waals surface area contributed by atoms with E-state index in [2.05, 4.69) is 15.6 Å². The van der Waals surface area contributed by atoms with Crippen molar-refractivity contribution in [1.82, 2.24) is 15.6 Å². The number of amides is 2. The van der Waals surface area contributed by atoms with E-state index in [0.29, 0.717) is 35.3 Å². The number of oxazole rings is 1. The minimum absolute atomic E-state index is 0.0379. The second kappa shape index (κ2) is 9.82. The predicted octanol–water partition coefficient (Wildman–Crippen LogP) is 2.80. The smallest absolute Gasteiger partial charge is 0.273 e. The molecule has 2 fully saturated rings. The Morgan fingerprint density at radius 1 is 1.21 bits per heavy atom. The van der Waals surface area contributed by atoms with Gasteiger partial charge in [-0.15, -0.1) is 0 Å². The molecule has 2 aromatic rings. The molecular weight excluding hydrogens is 424 g/mol. The van der Waals surface area contributed by atoms with Crippen LogP contribution in [-0.2, 0) is 4.79 Å². The average Bonchev–Trinajstić information content (AvgIpc) is 3.73. The number of carbonyl (C=O) groups is 2. The predicted molar refractivity (Wildman–Crippen MR) is 122 cm³/mol. The summed E-state index contributed by atoms with van der Waals surface area (Å²) in [6.07, 6.45) is 4.23. The normalized spacial score (nSPS) is 17.2. The maximum Gasteiger partial charge on any atom is 0.273 e. The highest BCUT2D eigenvalue weighted by molar-refractivity contribution is 5.94. The largest absolute Gasteiger partial charge is 0.493 e. The SMILES string of the molecule is COc1ccc(-c2nc(C(=O)NC[C@@H](C)NC(=O)C3CC3)c([C@H](C)N)o2)cc1OCC1CC1. The van der Waals surface area contributed by atoms with Gasteiger partial charge in [0.05, 0.1) is 19.8 Å². The van der Waals surface area contributed by atoms with Crippen molar-refractivity contribution >= 4 is 11.8 Å². The van der Waals surface area contributed by atoms with Gasteiger partial charge >= 0.3 is 0 Å². The van der Waals surface area contributed by atoms with E-state index in [1.807, 2.05) is 6.92 Å². The molecule has 4 N–H and O–H groups in total. The van der Waals surface area contributed by atoms with Crippen LogP contribution < -0.4 is 25.8 Å². The number of hydrogen-bond acceptors (Lipinski definition) is 7. The summed E-state index contributed by atoms with van der Waals surface area (Å²) >= 11 is 0. The summed E-state index contributed by atoms with van der Waals surface area (Å²) in [5.74, 6) is 2.16. The lowest BCUT2D eigenvalue weighted by molar-refractivity contribution is -0.122. The molecule has 0 radical (unpaired) electrons. The summed E-state index contributed by atoms with van der Waals surface area (Å²) in [7, 11) is 1.59. The Morgan fingerprint density at radius 3 is 2.61 bits per heavy atom. The van der Waals surface area contributed by atoms with Crippen LogP contribution in [0.3, 0.4) is 0 Å². The monoisotopic (exact) mass is 456 g/mol. The highest BCUT2D eigenvalue weighted by Gasteiger charge is 2.30. The number of benzene rings is 1. The lowest BCUT2D eigenvalue weighted by Crippen LogP contribution is -2.42. The van der Waals surface area contributed by atoms with Crippen molar-refractivity contribution < 1.29 is 23.5 Å². The van der Waals surface area contributed by atoms with Gasteiger partial charge < -0.3 is 30.3 Å². The topological polar surface area (TPSA) is 129 Å². The Bertz CT molecular complexity index is 1010. The fourth-order valence-corrected chi connectivity index (χ4v) is 3.43.